The van der Waals surface area contributed by atoms with Crippen LogP contribution < -0.4 is 4.90 Å². The summed E-state index contributed by atoms with van der Waals surface area (Å²) in [4.78, 5) is 6.69. The minimum Gasteiger partial charge on any atom is -0.331 e. The predicted octanol–water partition coefficient (Wildman–Crippen LogP) is 2.70. The Morgan fingerprint density at radius 3 is 2.43 bits per heavy atom. The van der Waals surface area contributed by atoms with Gasteiger partial charge < -0.3 is 4.90 Å². The van der Waals surface area contributed by atoms with Crippen molar-refractivity contribution in [1.82, 2.24) is 0 Å². The Balaban J connectivity index is 2.12. The maximum Gasteiger partial charge on any atom is 0.132 e. The van der Waals surface area contributed by atoms with Crippen molar-refractivity contribution >= 4 is 11.5 Å². The van der Waals surface area contributed by atoms with Crippen LogP contribution in [0.3, 0.4) is 0 Å². The van der Waals surface area contributed by atoms with Crippen LogP contribution in [-0.4, -0.2) is 18.4 Å². The van der Waals surface area contributed by atoms with Crippen molar-refractivity contribution < 1.29 is 0 Å². The highest BCUT2D eigenvalue weighted by atomic mass is 15.3. The van der Waals surface area contributed by atoms with Gasteiger partial charge in [0, 0.05) is 12.7 Å². The number of anilines is 1. The Morgan fingerprint density at radius 1 is 1.29 bits per heavy atom. The fraction of sp³-hybridized carbons (Fsp3) is 0.417. The molecular weight excluding hydrogens is 172 g/mol. The Kier molecular flexibility index (Phi) is 2.06. The van der Waals surface area contributed by atoms with Crippen LogP contribution in [-0.2, 0) is 0 Å². The largest absolute Gasteiger partial charge is 0.331 e. The number of hydrogen-bond acceptors (Lipinski definition) is 2. The molecule has 0 fully saturated rings. The zero-order chi connectivity index (χ0) is 10.2. The fourth-order valence-corrected chi connectivity index (χ4v) is 1.65. The van der Waals surface area contributed by atoms with Gasteiger partial charge >= 0.3 is 0 Å². The summed E-state index contributed by atoms with van der Waals surface area (Å²) in [5.74, 6) is 1.20. The van der Waals surface area contributed by atoms with Crippen molar-refractivity contribution in [3.8, 4) is 0 Å². The van der Waals surface area contributed by atoms with Gasteiger partial charge in [0.15, 0.2) is 0 Å². The number of rotatable bonds is 2. The number of hydrogen-bond donors (Lipinski definition) is 0. The monoisotopic (exact) mass is 188 g/mol. The van der Waals surface area contributed by atoms with Gasteiger partial charge in [0.2, 0.25) is 0 Å². The SMILES string of the molecule is CCC1(C)N=C1N(C)c1ccccc1. The molecule has 0 saturated carbocycles. The molecule has 0 aliphatic carbocycles. The van der Waals surface area contributed by atoms with Crippen LogP contribution in [0.25, 0.3) is 0 Å². The Hall–Kier alpha value is -1.31. The van der Waals surface area contributed by atoms with E-state index in [1.54, 1.807) is 0 Å². The normalized spacial score (nSPS) is 24.4. The molecule has 1 aliphatic heterocycles. The van der Waals surface area contributed by atoms with E-state index in [2.05, 4.69) is 55.1 Å². The minimum absolute atomic E-state index is 0.102. The van der Waals surface area contributed by atoms with Crippen LogP contribution in [0.1, 0.15) is 20.3 Å². The zero-order valence-electron chi connectivity index (χ0n) is 8.99. The van der Waals surface area contributed by atoms with Gasteiger partial charge in [-0.05, 0) is 25.5 Å². The summed E-state index contributed by atoms with van der Waals surface area (Å²) in [5, 5.41) is 0. The third-order valence-electron chi connectivity index (χ3n) is 2.93. The minimum atomic E-state index is 0.102. The number of nitrogens with zero attached hydrogens (tertiary/aromatic N) is 2. The molecule has 1 unspecified atom stereocenters. The van der Waals surface area contributed by atoms with Gasteiger partial charge in [-0.25, -0.2) is 0 Å². The molecule has 1 aromatic rings. The summed E-state index contributed by atoms with van der Waals surface area (Å²) in [7, 11) is 2.08. The molecule has 1 heterocycles. The Labute approximate surface area is 85.3 Å². The third-order valence-corrected chi connectivity index (χ3v) is 2.93. The van der Waals surface area contributed by atoms with E-state index in [0.717, 1.165) is 6.42 Å². The van der Waals surface area contributed by atoms with Crippen molar-refractivity contribution in [2.24, 2.45) is 4.99 Å². The summed E-state index contributed by atoms with van der Waals surface area (Å²) in [6, 6.07) is 10.4. The second-order valence-electron chi connectivity index (χ2n) is 3.96. The second kappa shape index (κ2) is 3.12. The molecule has 1 aromatic carbocycles. The van der Waals surface area contributed by atoms with Crippen LogP contribution in [0.15, 0.2) is 35.3 Å². The lowest BCUT2D eigenvalue weighted by Gasteiger charge is -2.17. The molecule has 1 aliphatic rings. The average molecular weight is 188 g/mol. The molecule has 1 atom stereocenters. The molecule has 2 heteroatoms. The lowest BCUT2D eigenvalue weighted by molar-refractivity contribution is 0.696. The summed E-state index contributed by atoms with van der Waals surface area (Å²) >= 11 is 0. The van der Waals surface area contributed by atoms with Crippen molar-refractivity contribution in [2.45, 2.75) is 25.8 Å². The first-order valence-electron chi connectivity index (χ1n) is 5.06. The Bertz CT molecular complexity index is 356. The van der Waals surface area contributed by atoms with E-state index in [4.69, 9.17) is 0 Å². The molecule has 14 heavy (non-hydrogen) atoms. The van der Waals surface area contributed by atoms with Crippen molar-refractivity contribution in [1.29, 1.82) is 0 Å². The summed E-state index contributed by atoms with van der Waals surface area (Å²) < 4.78 is 0. The number of para-hydroxylation sites is 1. The standard InChI is InChI=1S/C12H16N2/c1-4-12(2)11(13-12)14(3)10-8-6-5-7-9-10/h5-9H,4H2,1-3H3. The molecule has 0 N–H and O–H groups in total. The number of likely N-dealkylation sites (N-methyl/N-ethyl adjacent to an activating group) is 1. The first-order chi connectivity index (χ1) is 6.67. The topological polar surface area (TPSA) is 15.6 Å². The van der Waals surface area contributed by atoms with E-state index < -0.39 is 0 Å². The first-order valence-corrected chi connectivity index (χ1v) is 5.06. The second-order valence-corrected chi connectivity index (χ2v) is 3.96. The van der Waals surface area contributed by atoms with Crippen LogP contribution in [0.4, 0.5) is 5.69 Å². The highest BCUT2D eigenvalue weighted by Crippen LogP contribution is 2.34. The van der Waals surface area contributed by atoms with E-state index in [0.29, 0.717) is 0 Å². The van der Waals surface area contributed by atoms with Gasteiger partial charge in [-0.15, -0.1) is 0 Å². The maximum absolute atomic E-state index is 4.52. The fourth-order valence-electron chi connectivity index (χ4n) is 1.65. The molecule has 0 saturated heterocycles. The highest BCUT2D eigenvalue weighted by Gasteiger charge is 2.43. The molecule has 0 spiro atoms. The lowest BCUT2D eigenvalue weighted by atomic mass is 10.1. The zero-order valence-corrected chi connectivity index (χ0v) is 8.99. The number of benzene rings is 1. The predicted molar refractivity (Wildman–Crippen MR) is 61.0 cm³/mol. The molecule has 0 radical (unpaired) electrons. The average Bonchev–Trinajstić information content (AvgIpc) is 2.92. The number of aliphatic imine (C=N–C) groups is 1. The van der Waals surface area contributed by atoms with Gasteiger partial charge in [-0.1, -0.05) is 25.1 Å². The van der Waals surface area contributed by atoms with Crippen LogP contribution in [0, 0.1) is 0 Å². The third kappa shape index (κ3) is 1.41. The molecule has 0 amide bonds. The van der Waals surface area contributed by atoms with Gasteiger partial charge in [0.1, 0.15) is 11.4 Å². The van der Waals surface area contributed by atoms with Crippen LogP contribution in [0.2, 0.25) is 0 Å². The molecular formula is C12H16N2. The van der Waals surface area contributed by atoms with E-state index >= 15 is 0 Å². The van der Waals surface area contributed by atoms with Crippen molar-refractivity contribution in [3.63, 3.8) is 0 Å². The summed E-state index contributed by atoms with van der Waals surface area (Å²) in [6.45, 7) is 4.36. The van der Waals surface area contributed by atoms with Gasteiger partial charge in [-0.2, -0.15) is 0 Å². The molecule has 2 rings (SSSR count). The lowest BCUT2D eigenvalue weighted by Crippen LogP contribution is -2.28. The molecule has 0 aromatic heterocycles. The summed E-state index contributed by atoms with van der Waals surface area (Å²) in [5.41, 5.74) is 1.31. The molecule has 74 valence electrons. The van der Waals surface area contributed by atoms with E-state index in [1.807, 2.05) is 6.07 Å². The van der Waals surface area contributed by atoms with Crippen LogP contribution >= 0.6 is 0 Å². The van der Waals surface area contributed by atoms with Gasteiger partial charge in [0.25, 0.3) is 0 Å². The summed E-state index contributed by atoms with van der Waals surface area (Å²) in [6.07, 6.45) is 1.08. The molecule has 0 bridgehead atoms. The van der Waals surface area contributed by atoms with E-state index in [9.17, 15) is 0 Å². The maximum atomic E-state index is 4.52. The van der Waals surface area contributed by atoms with Gasteiger partial charge in [0.05, 0.1) is 0 Å². The Morgan fingerprint density at radius 2 is 1.93 bits per heavy atom. The highest BCUT2D eigenvalue weighted by molar-refractivity contribution is 6.13. The number of amidine groups is 1. The van der Waals surface area contributed by atoms with E-state index in [1.165, 1.54) is 11.5 Å². The van der Waals surface area contributed by atoms with Crippen molar-refractivity contribution in [2.75, 3.05) is 11.9 Å². The van der Waals surface area contributed by atoms with Crippen molar-refractivity contribution in [3.05, 3.63) is 30.3 Å². The van der Waals surface area contributed by atoms with Crippen LogP contribution in [0.5, 0.6) is 0 Å². The van der Waals surface area contributed by atoms with Gasteiger partial charge in [-0.3, -0.25) is 4.99 Å². The quantitative estimate of drug-likeness (QED) is 0.696. The smallest absolute Gasteiger partial charge is 0.132 e. The molecule has 2 nitrogen and oxygen atoms in total. The first kappa shape index (κ1) is 9.25. The van der Waals surface area contributed by atoms with E-state index in [-0.39, 0.29) is 5.54 Å².